The van der Waals surface area contributed by atoms with Gasteiger partial charge in [-0.3, -0.25) is 9.36 Å². The van der Waals surface area contributed by atoms with Crippen molar-refractivity contribution in [1.29, 1.82) is 0 Å². The average Bonchev–Trinajstić information content (AvgIpc) is 3.16. The van der Waals surface area contributed by atoms with Crippen LogP contribution in [-0.2, 0) is 9.53 Å². The Balaban J connectivity index is 2.10. The van der Waals surface area contributed by atoms with Gasteiger partial charge in [0, 0.05) is 11.3 Å². The molecule has 0 amide bonds. The fourth-order valence-corrected chi connectivity index (χ4v) is 3.84. The number of esters is 1. The maximum atomic E-state index is 12.1. The van der Waals surface area contributed by atoms with Crippen molar-refractivity contribution < 1.29 is 19.0 Å². The average molecular weight is 428 g/mol. The Morgan fingerprint density at radius 3 is 2.53 bits per heavy atom. The molecule has 0 radical (unpaired) electrons. The van der Waals surface area contributed by atoms with Crippen molar-refractivity contribution >= 4 is 17.7 Å². The van der Waals surface area contributed by atoms with Crippen LogP contribution >= 0.6 is 11.8 Å². The molecule has 158 valence electrons. The van der Waals surface area contributed by atoms with E-state index >= 15 is 0 Å². The number of hydrogen-bond acceptors (Lipinski definition) is 7. The third-order valence-electron chi connectivity index (χ3n) is 4.44. The van der Waals surface area contributed by atoms with Crippen molar-refractivity contribution in [3.63, 3.8) is 0 Å². The molecule has 0 aliphatic rings. The van der Waals surface area contributed by atoms with Crippen LogP contribution in [0.4, 0.5) is 0 Å². The molecular formula is C22H25N3O4S. The van der Waals surface area contributed by atoms with Crippen molar-refractivity contribution in [2.75, 3.05) is 20.8 Å². The molecule has 0 aliphatic heterocycles. The van der Waals surface area contributed by atoms with E-state index in [9.17, 15) is 4.79 Å². The largest absolute Gasteiger partial charge is 0.493 e. The molecular weight excluding hydrogens is 402 g/mol. The van der Waals surface area contributed by atoms with Crippen molar-refractivity contribution in [3.05, 3.63) is 48.0 Å². The smallest absolute Gasteiger partial charge is 0.319 e. The zero-order valence-corrected chi connectivity index (χ0v) is 18.5. The highest BCUT2D eigenvalue weighted by molar-refractivity contribution is 8.00. The molecule has 0 spiro atoms. The first kappa shape index (κ1) is 21.7. The van der Waals surface area contributed by atoms with Crippen LogP contribution in [0.2, 0.25) is 0 Å². The molecule has 0 N–H and O–H groups in total. The lowest BCUT2D eigenvalue weighted by Gasteiger charge is -2.14. The van der Waals surface area contributed by atoms with Crippen LogP contribution in [0.3, 0.4) is 0 Å². The van der Waals surface area contributed by atoms with Crippen LogP contribution in [0.1, 0.15) is 19.4 Å². The summed E-state index contributed by atoms with van der Waals surface area (Å²) in [5.41, 5.74) is 2.83. The standard InChI is InChI=1S/C22H25N3O4S/c1-6-29-21(26)15(3)30-22-24-23-20(25(22)17-9-7-8-14(2)12-17)16-10-11-18(27-4)19(13-16)28-5/h7-13,15H,6H2,1-5H3/t15-/m0/s1. The van der Waals surface area contributed by atoms with Gasteiger partial charge in [-0.25, -0.2) is 0 Å². The van der Waals surface area contributed by atoms with Crippen molar-refractivity contribution in [2.24, 2.45) is 0 Å². The normalized spacial score (nSPS) is 11.8. The monoisotopic (exact) mass is 427 g/mol. The molecule has 1 aromatic heterocycles. The Labute approximate surface area is 180 Å². The molecule has 0 bridgehead atoms. The minimum absolute atomic E-state index is 0.283. The predicted molar refractivity (Wildman–Crippen MR) is 117 cm³/mol. The summed E-state index contributed by atoms with van der Waals surface area (Å²) in [5.74, 6) is 1.59. The van der Waals surface area contributed by atoms with Gasteiger partial charge in [-0.05, 0) is 56.7 Å². The fraction of sp³-hybridized carbons (Fsp3) is 0.318. The number of aromatic nitrogens is 3. The Morgan fingerprint density at radius 1 is 1.10 bits per heavy atom. The highest BCUT2D eigenvalue weighted by Gasteiger charge is 2.23. The summed E-state index contributed by atoms with van der Waals surface area (Å²) in [5, 5.41) is 8.98. The lowest BCUT2D eigenvalue weighted by atomic mass is 10.1. The predicted octanol–water partition coefficient (Wildman–Crippen LogP) is 4.30. The minimum atomic E-state index is -0.420. The van der Waals surface area contributed by atoms with Crippen LogP contribution in [0, 0.1) is 6.92 Å². The van der Waals surface area contributed by atoms with Crippen LogP contribution in [0.5, 0.6) is 11.5 Å². The third-order valence-corrected chi connectivity index (χ3v) is 5.46. The highest BCUT2D eigenvalue weighted by Crippen LogP contribution is 2.35. The molecule has 1 heterocycles. The number of nitrogens with zero attached hydrogens (tertiary/aromatic N) is 3. The van der Waals surface area contributed by atoms with E-state index < -0.39 is 5.25 Å². The number of rotatable bonds is 8. The first-order valence-electron chi connectivity index (χ1n) is 9.56. The molecule has 3 aromatic rings. The van der Waals surface area contributed by atoms with E-state index in [0.717, 1.165) is 16.8 Å². The molecule has 0 fully saturated rings. The van der Waals surface area contributed by atoms with E-state index in [4.69, 9.17) is 14.2 Å². The van der Waals surface area contributed by atoms with Gasteiger partial charge in [-0.2, -0.15) is 0 Å². The van der Waals surface area contributed by atoms with Gasteiger partial charge in [0.25, 0.3) is 0 Å². The molecule has 0 unspecified atom stereocenters. The molecule has 1 atom stereocenters. The fourth-order valence-electron chi connectivity index (χ4n) is 2.97. The number of aryl methyl sites for hydroxylation is 1. The Hall–Kier alpha value is -3.00. The molecule has 30 heavy (non-hydrogen) atoms. The van der Waals surface area contributed by atoms with E-state index in [0.29, 0.717) is 29.1 Å². The second-order valence-electron chi connectivity index (χ2n) is 6.56. The molecule has 0 saturated heterocycles. The summed E-state index contributed by atoms with van der Waals surface area (Å²) in [4.78, 5) is 12.1. The maximum absolute atomic E-state index is 12.1. The second-order valence-corrected chi connectivity index (χ2v) is 7.87. The molecule has 0 saturated carbocycles. The van der Waals surface area contributed by atoms with Crippen LogP contribution in [0.25, 0.3) is 17.1 Å². The lowest BCUT2D eigenvalue weighted by molar-refractivity contribution is -0.142. The zero-order valence-electron chi connectivity index (χ0n) is 17.7. The zero-order chi connectivity index (χ0) is 21.7. The number of hydrogen-bond donors (Lipinski definition) is 0. The number of ether oxygens (including phenoxy) is 3. The van der Waals surface area contributed by atoms with Gasteiger partial charge in [0.15, 0.2) is 22.5 Å². The van der Waals surface area contributed by atoms with E-state index in [2.05, 4.69) is 10.2 Å². The number of carbonyl (C=O) groups excluding carboxylic acids is 1. The van der Waals surface area contributed by atoms with Gasteiger partial charge in [0.1, 0.15) is 5.25 Å². The molecule has 2 aromatic carbocycles. The lowest BCUT2D eigenvalue weighted by Crippen LogP contribution is -2.17. The van der Waals surface area contributed by atoms with E-state index in [1.54, 1.807) is 28.1 Å². The molecule has 3 rings (SSSR count). The highest BCUT2D eigenvalue weighted by atomic mass is 32.2. The number of thioether (sulfide) groups is 1. The summed E-state index contributed by atoms with van der Waals surface area (Å²) in [6.45, 7) is 5.96. The first-order valence-corrected chi connectivity index (χ1v) is 10.4. The van der Waals surface area contributed by atoms with Crippen LogP contribution in [0.15, 0.2) is 47.6 Å². The van der Waals surface area contributed by atoms with E-state index in [1.807, 2.05) is 54.0 Å². The minimum Gasteiger partial charge on any atom is -0.493 e. The molecule has 7 nitrogen and oxygen atoms in total. The van der Waals surface area contributed by atoms with Gasteiger partial charge in [-0.15, -0.1) is 10.2 Å². The number of carbonyl (C=O) groups is 1. The van der Waals surface area contributed by atoms with E-state index in [1.165, 1.54) is 11.8 Å². The Kier molecular flexibility index (Phi) is 6.99. The topological polar surface area (TPSA) is 75.5 Å². The van der Waals surface area contributed by atoms with Gasteiger partial charge in [0.05, 0.1) is 20.8 Å². The maximum Gasteiger partial charge on any atom is 0.319 e. The summed E-state index contributed by atoms with van der Waals surface area (Å²) >= 11 is 1.31. The summed E-state index contributed by atoms with van der Waals surface area (Å²) < 4.78 is 17.9. The number of benzene rings is 2. The van der Waals surface area contributed by atoms with Gasteiger partial charge < -0.3 is 14.2 Å². The Morgan fingerprint density at radius 2 is 1.87 bits per heavy atom. The molecule has 8 heteroatoms. The quantitative estimate of drug-likeness (QED) is 0.392. The summed E-state index contributed by atoms with van der Waals surface area (Å²) in [6, 6.07) is 13.6. The third kappa shape index (κ3) is 4.59. The summed E-state index contributed by atoms with van der Waals surface area (Å²) in [6.07, 6.45) is 0. The van der Waals surface area contributed by atoms with Crippen LogP contribution in [-0.4, -0.2) is 46.8 Å². The first-order chi connectivity index (χ1) is 14.5. The van der Waals surface area contributed by atoms with Crippen molar-refractivity contribution in [3.8, 4) is 28.6 Å². The molecule has 0 aliphatic carbocycles. The van der Waals surface area contributed by atoms with Crippen LogP contribution < -0.4 is 9.47 Å². The second kappa shape index (κ2) is 9.67. The Bertz CT molecular complexity index is 1030. The van der Waals surface area contributed by atoms with Gasteiger partial charge in [0.2, 0.25) is 0 Å². The number of methoxy groups -OCH3 is 2. The summed E-state index contributed by atoms with van der Waals surface area (Å²) in [7, 11) is 3.19. The van der Waals surface area contributed by atoms with Crippen molar-refractivity contribution in [1.82, 2.24) is 14.8 Å². The van der Waals surface area contributed by atoms with E-state index in [-0.39, 0.29) is 5.97 Å². The SMILES string of the molecule is CCOC(=O)[C@H](C)Sc1nnc(-c2ccc(OC)c(OC)c2)n1-c1cccc(C)c1. The van der Waals surface area contributed by atoms with Crippen molar-refractivity contribution in [2.45, 2.75) is 31.2 Å². The van der Waals surface area contributed by atoms with Gasteiger partial charge >= 0.3 is 5.97 Å². The van der Waals surface area contributed by atoms with Gasteiger partial charge in [-0.1, -0.05) is 23.9 Å².